The molecule has 0 aliphatic rings. The third kappa shape index (κ3) is 2.13. The number of hydrogen-bond donors (Lipinski definition) is 1. The molecule has 2 rings (SSSR count). The largest absolute Gasteiger partial charge is 0.481 e. The van der Waals surface area contributed by atoms with Gasteiger partial charge in [0.05, 0.1) is 11.4 Å². The second kappa shape index (κ2) is 4.37. The van der Waals surface area contributed by atoms with Crippen molar-refractivity contribution in [2.75, 3.05) is 0 Å². The van der Waals surface area contributed by atoms with Gasteiger partial charge in [-0.05, 0) is 18.1 Å². The zero-order valence-corrected chi connectivity index (χ0v) is 10.4. The molecule has 0 spiro atoms. The summed E-state index contributed by atoms with van der Waals surface area (Å²) in [5, 5.41) is 14.4. The van der Waals surface area contributed by atoms with Gasteiger partial charge in [0.25, 0.3) is 0 Å². The van der Waals surface area contributed by atoms with Crippen LogP contribution in [0.3, 0.4) is 0 Å². The standard InChI is InChI=1S/C12H13ClN2O2/c1-7(12(16)17)6-8-4-3-5-9-10(8)15(2)14-11(9)13/h3-5,7H,6H2,1-2H3,(H,16,17). The monoisotopic (exact) mass is 252 g/mol. The molecule has 1 atom stereocenters. The van der Waals surface area contributed by atoms with Gasteiger partial charge in [0.15, 0.2) is 5.15 Å². The van der Waals surface area contributed by atoms with Crippen LogP contribution < -0.4 is 0 Å². The molecule has 0 fully saturated rings. The third-order valence-corrected chi connectivity index (χ3v) is 3.13. The first-order valence-corrected chi connectivity index (χ1v) is 5.71. The van der Waals surface area contributed by atoms with E-state index in [1.165, 1.54) is 0 Å². The average Bonchev–Trinajstić information content (AvgIpc) is 2.55. The van der Waals surface area contributed by atoms with Crippen LogP contribution in [0, 0.1) is 5.92 Å². The Morgan fingerprint density at radius 1 is 1.59 bits per heavy atom. The van der Waals surface area contributed by atoms with E-state index in [1.807, 2.05) is 25.2 Å². The number of aryl methyl sites for hydroxylation is 1. The number of carboxylic acids is 1. The Labute approximate surface area is 104 Å². The summed E-state index contributed by atoms with van der Waals surface area (Å²) in [6, 6.07) is 5.68. The molecule has 90 valence electrons. The van der Waals surface area contributed by atoms with Gasteiger partial charge >= 0.3 is 5.97 Å². The van der Waals surface area contributed by atoms with Crippen LogP contribution >= 0.6 is 11.6 Å². The molecule has 0 saturated heterocycles. The summed E-state index contributed by atoms with van der Waals surface area (Å²) in [5.41, 5.74) is 1.87. The maximum atomic E-state index is 10.9. The van der Waals surface area contributed by atoms with Gasteiger partial charge in [-0.3, -0.25) is 9.48 Å². The number of carboxylic acid groups (broad SMARTS) is 1. The highest BCUT2D eigenvalue weighted by Gasteiger charge is 2.16. The van der Waals surface area contributed by atoms with Crippen LogP contribution in [0.2, 0.25) is 5.15 Å². The topological polar surface area (TPSA) is 55.1 Å². The van der Waals surface area contributed by atoms with E-state index in [0.717, 1.165) is 16.5 Å². The summed E-state index contributed by atoms with van der Waals surface area (Å²) in [4.78, 5) is 10.9. The van der Waals surface area contributed by atoms with E-state index < -0.39 is 11.9 Å². The van der Waals surface area contributed by atoms with E-state index >= 15 is 0 Å². The van der Waals surface area contributed by atoms with Gasteiger partial charge in [-0.1, -0.05) is 30.7 Å². The predicted molar refractivity (Wildman–Crippen MR) is 66.2 cm³/mol. The predicted octanol–water partition coefficient (Wildman–Crippen LogP) is 2.49. The first-order chi connectivity index (χ1) is 8.00. The fourth-order valence-electron chi connectivity index (χ4n) is 1.96. The van der Waals surface area contributed by atoms with Crippen LogP contribution in [0.4, 0.5) is 0 Å². The molecule has 1 aromatic heterocycles. The highest BCUT2D eigenvalue weighted by molar-refractivity contribution is 6.34. The molecule has 0 saturated carbocycles. The molecule has 0 amide bonds. The van der Waals surface area contributed by atoms with Gasteiger partial charge in [0.2, 0.25) is 0 Å². The molecule has 0 aliphatic carbocycles. The lowest BCUT2D eigenvalue weighted by molar-refractivity contribution is -0.141. The smallest absolute Gasteiger partial charge is 0.306 e. The van der Waals surface area contributed by atoms with Crippen LogP contribution in [-0.2, 0) is 18.3 Å². The molecule has 0 aliphatic heterocycles. The molecular formula is C12H13ClN2O2. The number of hydrogen-bond acceptors (Lipinski definition) is 2. The zero-order valence-electron chi connectivity index (χ0n) is 9.64. The lowest BCUT2D eigenvalue weighted by atomic mass is 9.99. The van der Waals surface area contributed by atoms with Gasteiger partial charge in [-0.25, -0.2) is 0 Å². The number of rotatable bonds is 3. The van der Waals surface area contributed by atoms with Crippen molar-refractivity contribution in [3.05, 3.63) is 28.9 Å². The Kier molecular flexibility index (Phi) is 3.07. The molecule has 17 heavy (non-hydrogen) atoms. The first-order valence-electron chi connectivity index (χ1n) is 5.33. The quantitative estimate of drug-likeness (QED) is 0.913. The highest BCUT2D eigenvalue weighted by atomic mass is 35.5. The summed E-state index contributed by atoms with van der Waals surface area (Å²) < 4.78 is 1.70. The van der Waals surface area contributed by atoms with E-state index in [2.05, 4.69) is 5.10 Å². The number of aromatic nitrogens is 2. The van der Waals surface area contributed by atoms with Crippen molar-refractivity contribution in [3.8, 4) is 0 Å². The lowest BCUT2D eigenvalue weighted by Crippen LogP contribution is -2.12. The molecule has 0 radical (unpaired) electrons. The van der Waals surface area contributed by atoms with Crippen molar-refractivity contribution < 1.29 is 9.90 Å². The molecule has 2 aromatic rings. The minimum Gasteiger partial charge on any atom is -0.481 e. The summed E-state index contributed by atoms with van der Waals surface area (Å²) in [6.07, 6.45) is 0.475. The molecule has 1 N–H and O–H groups in total. The number of carbonyl (C=O) groups is 1. The second-order valence-electron chi connectivity index (χ2n) is 4.17. The lowest BCUT2D eigenvalue weighted by Gasteiger charge is -2.08. The summed E-state index contributed by atoms with van der Waals surface area (Å²) in [5.74, 6) is -1.22. The van der Waals surface area contributed by atoms with E-state index in [-0.39, 0.29) is 0 Å². The van der Waals surface area contributed by atoms with Gasteiger partial charge < -0.3 is 5.11 Å². The number of fused-ring (bicyclic) bond motifs is 1. The molecule has 4 nitrogen and oxygen atoms in total. The minimum atomic E-state index is -0.796. The second-order valence-corrected chi connectivity index (χ2v) is 4.53. The summed E-state index contributed by atoms with van der Waals surface area (Å²) in [6.45, 7) is 1.69. The average molecular weight is 253 g/mol. The fourth-order valence-corrected chi connectivity index (χ4v) is 2.22. The van der Waals surface area contributed by atoms with Crippen LogP contribution in [0.25, 0.3) is 10.9 Å². The SMILES string of the molecule is CC(Cc1cccc2c(Cl)nn(C)c12)C(=O)O. The van der Waals surface area contributed by atoms with Crippen LogP contribution in [0.15, 0.2) is 18.2 Å². The molecule has 5 heteroatoms. The van der Waals surface area contributed by atoms with Crippen LogP contribution in [-0.4, -0.2) is 20.9 Å². The third-order valence-electron chi connectivity index (χ3n) is 2.85. The highest BCUT2D eigenvalue weighted by Crippen LogP contribution is 2.26. The normalized spacial score (nSPS) is 12.9. The zero-order chi connectivity index (χ0) is 12.6. The van der Waals surface area contributed by atoms with Crippen molar-refractivity contribution in [2.24, 2.45) is 13.0 Å². The van der Waals surface area contributed by atoms with E-state index in [1.54, 1.807) is 11.6 Å². The van der Waals surface area contributed by atoms with E-state index in [9.17, 15) is 4.79 Å². The Morgan fingerprint density at radius 3 is 2.94 bits per heavy atom. The molecule has 1 unspecified atom stereocenters. The summed E-state index contributed by atoms with van der Waals surface area (Å²) in [7, 11) is 1.81. The van der Waals surface area contributed by atoms with Crippen molar-refractivity contribution in [2.45, 2.75) is 13.3 Å². The van der Waals surface area contributed by atoms with Crippen LogP contribution in [0.5, 0.6) is 0 Å². The van der Waals surface area contributed by atoms with Gasteiger partial charge in [-0.2, -0.15) is 5.10 Å². The molecule has 1 aromatic carbocycles. The molecular weight excluding hydrogens is 240 g/mol. The van der Waals surface area contributed by atoms with Crippen molar-refractivity contribution in [3.63, 3.8) is 0 Å². The summed E-state index contributed by atoms with van der Waals surface area (Å²) >= 11 is 6.00. The fraction of sp³-hybridized carbons (Fsp3) is 0.333. The van der Waals surface area contributed by atoms with E-state index in [0.29, 0.717) is 11.6 Å². The number of para-hydroxylation sites is 1. The maximum absolute atomic E-state index is 10.9. The number of aliphatic carboxylic acids is 1. The van der Waals surface area contributed by atoms with Crippen molar-refractivity contribution in [1.82, 2.24) is 9.78 Å². The number of benzene rings is 1. The minimum absolute atomic E-state index is 0.422. The van der Waals surface area contributed by atoms with Gasteiger partial charge in [-0.15, -0.1) is 0 Å². The van der Waals surface area contributed by atoms with Gasteiger partial charge in [0.1, 0.15) is 0 Å². The molecule has 0 bridgehead atoms. The first kappa shape index (κ1) is 11.9. The Morgan fingerprint density at radius 2 is 2.29 bits per heavy atom. The van der Waals surface area contributed by atoms with Gasteiger partial charge in [0, 0.05) is 12.4 Å². The number of halogens is 1. The Hall–Kier alpha value is -1.55. The van der Waals surface area contributed by atoms with Crippen LogP contribution in [0.1, 0.15) is 12.5 Å². The van der Waals surface area contributed by atoms with Crippen molar-refractivity contribution in [1.29, 1.82) is 0 Å². The maximum Gasteiger partial charge on any atom is 0.306 e. The Balaban J connectivity index is 2.51. The van der Waals surface area contributed by atoms with Crippen molar-refractivity contribution >= 4 is 28.5 Å². The number of nitrogens with zero attached hydrogens (tertiary/aromatic N) is 2. The van der Waals surface area contributed by atoms with E-state index in [4.69, 9.17) is 16.7 Å². The molecule has 1 heterocycles. The Bertz CT molecular complexity index is 577.